The first-order chi connectivity index (χ1) is 18.4. The Bertz CT molecular complexity index is 1420. The van der Waals surface area contributed by atoms with E-state index >= 15 is 0 Å². The Morgan fingerprint density at radius 1 is 1.18 bits per heavy atom. The molecule has 0 saturated carbocycles. The first-order valence-electron chi connectivity index (χ1n) is 11.1. The minimum absolute atomic E-state index is 0.0264. The summed E-state index contributed by atoms with van der Waals surface area (Å²) in [6.07, 6.45) is -0.811. The summed E-state index contributed by atoms with van der Waals surface area (Å²) >= 11 is 0. The molecule has 0 radical (unpaired) electrons. The third-order valence-corrected chi connectivity index (χ3v) is 11.4. The second-order valence-electron chi connectivity index (χ2n) is 8.94. The van der Waals surface area contributed by atoms with Crippen molar-refractivity contribution < 1.29 is 55.9 Å². The molecule has 1 aliphatic rings. The summed E-state index contributed by atoms with van der Waals surface area (Å²) in [5, 5.41) is 0.415. The van der Waals surface area contributed by atoms with Gasteiger partial charge in [0.1, 0.15) is 36.1 Å². The Labute approximate surface area is 236 Å². The molecule has 1 saturated heterocycles. The van der Waals surface area contributed by atoms with Gasteiger partial charge in [-0.15, -0.1) is 0 Å². The molecule has 0 bridgehead atoms. The summed E-state index contributed by atoms with van der Waals surface area (Å²) in [5.74, 6) is 5.81. The molecule has 17 nitrogen and oxygen atoms in total. The van der Waals surface area contributed by atoms with Gasteiger partial charge >= 0.3 is 23.5 Å². The Morgan fingerprint density at radius 2 is 1.88 bits per heavy atom. The second kappa shape index (κ2) is 13.1. The highest BCUT2D eigenvalue weighted by molar-refractivity contribution is 8.77. The van der Waals surface area contributed by atoms with Crippen LogP contribution in [0.15, 0.2) is 12.5 Å². The van der Waals surface area contributed by atoms with Crippen LogP contribution in [0.25, 0.3) is 11.0 Å². The molecule has 8 N–H and O–H groups in total. The summed E-state index contributed by atoms with van der Waals surface area (Å²) in [5.41, 5.74) is 12.3. The SMILES string of the molecule is CC(C)(C)SSCO[C@@H]1C[C@H](n2cc(C#CCN)c3c(N)ncnc32)OC1OP(=O)(O)OP(=O)(O)OP(=O)(O)O. The maximum Gasteiger partial charge on any atom is 0.490 e. The predicted octanol–water partition coefficient (Wildman–Crippen LogP) is 2.43. The van der Waals surface area contributed by atoms with Gasteiger partial charge in [-0.3, -0.25) is 4.52 Å². The minimum Gasteiger partial charge on any atom is -0.383 e. The molecule has 2 aromatic rings. The van der Waals surface area contributed by atoms with Gasteiger partial charge in [0, 0.05) is 17.4 Å². The van der Waals surface area contributed by atoms with E-state index in [1.807, 2.05) is 20.8 Å². The monoisotopic (exact) mass is 663 g/mol. The molecule has 1 fully saturated rings. The fourth-order valence-corrected chi connectivity index (χ4v) is 8.45. The van der Waals surface area contributed by atoms with Crippen LogP contribution in [0.5, 0.6) is 0 Å². The van der Waals surface area contributed by atoms with E-state index in [2.05, 4.69) is 30.4 Å². The van der Waals surface area contributed by atoms with Crippen LogP contribution in [0.3, 0.4) is 0 Å². The van der Waals surface area contributed by atoms with E-state index in [0.29, 0.717) is 16.6 Å². The van der Waals surface area contributed by atoms with Crippen LogP contribution < -0.4 is 11.5 Å². The molecular weight excluding hydrogens is 635 g/mol. The lowest BCUT2D eigenvalue weighted by molar-refractivity contribution is -0.140. The van der Waals surface area contributed by atoms with Crippen LogP contribution in [0.2, 0.25) is 0 Å². The zero-order valence-corrected chi connectivity index (χ0v) is 25.5. The van der Waals surface area contributed by atoms with E-state index in [4.69, 9.17) is 35.3 Å². The average molecular weight is 664 g/mol. The summed E-state index contributed by atoms with van der Waals surface area (Å²) in [6, 6.07) is 0. The van der Waals surface area contributed by atoms with Gasteiger partial charge in [-0.05, 0) is 0 Å². The highest BCUT2D eigenvalue weighted by Gasteiger charge is 2.47. The summed E-state index contributed by atoms with van der Waals surface area (Å²) in [4.78, 5) is 45.3. The normalized spacial score (nSPS) is 22.9. The number of ether oxygens (including phenoxy) is 2. The number of anilines is 1. The van der Waals surface area contributed by atoms with Crippen molar-refractivity contribution in [3.8, 4) is 11.8 Å². The maximum absolute atomic E-state index is 12.5. The predicted molar refractivity (Wildman–Crippen MR) is 146 cm³/mol. The molecule has 1 aliphatic heterocycles. The van der Waals surface area contributed by atoms with E-state index < -0.39 is 42.1 Å². The summed E-state index contributed by atoms with van der Waals surface area (Å²) < 4.78 is 60.9. The average Bonchev–Trinajstić information content (AvgIpc) is 3.33. The quantitative estimate of drug-likeness (QED) is 0.0663. The van der Waals surface area contributed by atoms with Gasteiger partial charge in [0.2, 0.25) is 0 Å². The van der Waals surface area contributed by atoms with Gasteiger partial charge in [0.25, 0.3) is 0 Å². The fraction of sp³-hybridized carbons (Fsp3) is 0.556. The number of nitrogens with zero attached hydrogens (tertiary/aromatic N) is 3. The largest absolute Gasteiger partial charge is 0.490 e. The first kappa shape index (κ1) is 33.5. The number of rotatable bonds is 11. The van der Waals surface area contributed by atoms with Crippen molar-refractivity contribution in [3.05, 3.63) is 18.1 Å². The molecule has 0 aromatic carbocycles. The van der Waals surface area contributed by atoms with Gasteiger partial charge in [0.15, 0.2) is 6.29 Å². The number of aromatic nitrogens is 3. The highest BCUT2D eigenvalue weighted by Crippen LogP contribution is 2.67. The third kappa shape index (κ3) is 9.77. The van der Waals surface area contributed by atoms with Crippen molar-refractivity contribution >= 4 is 61.9 Å². The summed E-state index contributed by atoms with van der Waals surface area (Å²) in [6.45, 7) is 6.05. The molecule has 3 unspecified atom stereocenters. The topological polar surface area (TPSA) is 261 Å². The van der Waals surface area contributed by atoms with Crippen LogP contribution in [0, 0.1) is 11.8 Å². The molecule has 22 heteroatoms. The van der Waals surface area contributed by atoms with E-state index in [1.165, 1.54) is 32.5 Å². The number of nitrogen functional groups attached to an aromatic ring is 1. The van der Waals surface area contributed by atoms with Crippen LogP contribution >= 0.6 is 45.1 Å². The molecule has 40 heavy (non-hydrogen) atoms. The number of fused-ring (bicyclic) bond motifs is 1. The number of hydrogen-bond donors (Lipinski definition) is 6. The van der Waals surface area contributed by atoms with Gasteiger partial charge in [-0.2, -0.15) is 8.62 Å². The van der Waals surface area contributed by atoms with Crippen molar-refractivity contribution in [1.82, 2.24) is 14.5 Å². The van der Waals surface area contributed by atoms with Gasteiger partial charge < -0.3 is 45.1 Å². The molecule has 3 rings (SSSR count). The highest BCUT2D eigenvalue weighted by atomic mass is 33.1. The molecule has 3 heterocycles. The summed E-state index contributed by atoms with van der Waals surface area (Å²) in [7, 11) is -14.0. The zero-order valence-electron chi connectivity index (χ0n) is 21.2. The van der Waals surface area contributed by atoms with Crippen LogP contribution in [-0.4, -0.2) is 63.7 Å². The molecule has 0 aliphatic carbocycles. The number of hydrogen-bond acceptors (Lipinski definition) is 14. The van der Waals surface area contributed by atoms with Crippen molar-refractivity contribution in [2.45, 2.75) is 50.6 Å². The maximum atomic E-state index is 12.5. The van der Waals surface area contributed by atoms with E-state index in [0.717, 1.165) is 0 Å². The smallest absolute Gasteiger partial charge is 0.383 e. The van der Waals surface area contributed by atoms with Crippen molar-refractivity contribution in [3.63, 3.8) is 0 Å². The van der Waals surface area contributed by atoms with Gasteiger partial charge in [-0.25, -0.2) is 23.7 Å². The van der Waals surface area contributed by atoms with Crippen LogP contribution in [0.1, 0.15) is 39.0 Å². The lowest BCUT2D eigenvalue weighted by Gasteiger charge is -2.23. The molecule has 224 valence electrons. The van der Waals surface area contributed by atoms with E-state index in [-0.39, 0.29) is 29.5 Å². The van der Waals surface area contributed by atoms with Gasteiger partial charge in [0.05, 0.1) is 17.5 Å². The number of phosphoric ester groups is 1. The van der Waals surface area contributed by atoms with Crippen molar-refractivity contribution in [1.29, 1.82) is 0 Å². The third-order valence-electron chi connectivity index (χ3n) is 4.59. The molecular formula is C18H28N5O12P3S2. The second-order valence-corrected chi connectivity index (χ2v) is 16.4. The van der Waals surface area contributed by atoms with Crippen LogP contribution in [0.4, 0.5) is 5.82 Å². The Kier molecular flexibility index (Phi) is 11.0. The van der Waals surface area contributed by atoms with Crippen molar-refractivity contribution in [2.75, 3.05) is 18.2 Å². The van der Waals surface area contributed by atoms with Gasteiger partial charge in [-0.1, -0.05) is 54.2 Å². The Hall–Kier alpha value is -1.03. The molecule has 5 atom stereocenters. The standard InChI is InChI=1S/C18H28N5O12P3S2/c1-18(2,3)40-39-10-31-12-7-13(23-8-11(5-4-6-19)14-15(20)21-9-22-16(14)23)32-17(12)33-37(27,28)35-38(29,30)34-36(24,25)26/h8-9,12-13,17H,6-7,10,19H2,1-3H3,(H,27,28)(H,29,30)(H2,20,21,22)(H2,24,25,26)/t12-,13-,17?/m1/s1. The molecule has 0 spiro atoms. The van der Waals surface area contributed by atoms with Crippen molar-refractivity contribution in [2.24, 2.45) is 5.73 Å². The fourth-order valence-electron chi connectivity index (χ4n) is 3.34. The zero-order chi connectivity index (χ0) is 29.9. The van der Waals surface area contributed by atoms with E-state index in [9.17, 15) is 23.5 Å². The Balaban J connectivity index is 1.88. The molecule has 0 amide bonds. The van der Waals surface area contributed by atoms with E-state index in [1.54, 1.807) is 6.20 Å². The number of phosphoric acid groups is 3. The Morgan fingerprint density at radius 3 is 2.50 bits per heavy atom. The van der Waals surface area contributed by atoms with Crippen LogP contribution in [-0.2, 0) is 36.3 Å². The number of nitrogens with two attached hydrogens (primary N) is 2. The lowest BCUT2D eigenvalue weighted by atomic mass is 10.2. The molecule has 2 aromatic heterocycles. The lowest BCUT2D eigenvalue weighted by Crippen LogP contribution is -2.26. The first-order valence-corrected chi connectivity index (χ1v) is 17.9. The minimum atomic E-state index is -5.74.